The van der Waals surface area contributed by atoms with E-state index in [1.165, 1.54) is 36.1 Å². The van der Waals surface area contributed by atoms with Crippen LogP contribution >= 0.6 is 0 Å². The maximum atomic E-state index is 14.3. The zero-order chi connectivity index (χ0) is 33.9. The van der Waals surface area contributed by atoms with Gasteiger partial charge in [-0.05, 0) is 65.9 Å². The molecule has 1 fully saturated rings. The number of fused-ring (bicyclic) bond motifs is 2. The molecule has 0 bridgehead atoms. The van der Waals surface area contributed by atoms with Gasteiger partial charge >= 0.3 is 5.69 Å². The summed E-state index contributed by atoms with van der Waals surface area (Å²) in [5.41, 5.74) is 8.92. The Morgan fingerprint density at radius 2 is 1.75 bits per heavy atom. The van der Waals surface area contributed by atoms with Crippen LogP contribution in [0.4, 0.5) is 8.78 Å². The maximum Gasteiger partial charge on any atom is 0.332 e. The molecule has 1 atom stereocenters. The molecule has 10 nitrogen and oxygen atoms in total. The molecule has 4 aromatic rings. The van der Waals surface area contributed by atoms with Gasteiger partial charge in [-0.2, -0.15) is 0 Å². The molecule has 1 unspecified atom stereocenters. The predicted octanol–water partition coefficient (Wildman–Crippen LogP) is 4.57. The zero-order valence-corrected chi connectivity index (χ0v) is 26.9. The molecular formula is C36H38F2N4O6. The summed E-state index contributed by atoms with van der Waals surface area (Å²) in [6.45, 7) is 1.08. The van der Waals surface area contributed by atoms with E-state index in [-0.39, 0.29) is 42.0 Å². The molecule has 1 saturated heterocycles. The number of halogens is 2. The van der Waals surface area contributed by atoms with Crippen molar-refractivity contribution in [3.63, 3.8) is 0 Å². The third-order valence-corrected chi connectivity index (χ3v) is 9.13. The van der Waals surface area contributed by atoms with E-state index in [0.717, 1.165) is 17.7 Å². The zero-order valence-electron chi connectivity index (χ0n) is 26.9. The molecule has 1 aromatic heterocycles. The topological polar surface area (TPSA) is 118 Å². The first-order valence-electron chi connectivity index (χ1n) is 15.9. The number of benzene rings is 3. The van der Waals surface area contributed by atoms with Gasteiger partial charge in [-0.1, -0.05) is 37.3 Å². The Labute approximate surface area is 275 Å². The summed E-state index contributed by atoms with van der Waals surface area (Å²) in [5, 5.41) is 0.187. The van der Waals surface area contributed by atoms with E-state index in [1.807, 2.05) is 6.07 Å². The quantitative estimate of drug-likeness (QED) is 0.237. The standard InChI is InChI=1S/C36H38F2N4O6/c1-22-28-6-4-3-5-24(28)16-31(22)40-13-11-25(12-14-40)42-30-9-8-26(48-27(18-37)19-38)17-29(30)35(44)41(36(42)45)20-23-7-10-32(46-2)33(15-23)47-21-34(39)43/h3-10,15-17,22,25,27H,11-14,18-21H2,1-2H3,(H2,39,43). The van der Waals surface area contributed by atoms with Crippen LogP contribution in [0.5, 0.6) is 17.2 Å². The third-order valence-electron chi connectivity index (χ3n) is 9.13. The summed E-state index contributed by atoms with van der Waals surface area (Å²) >= 11 is 0. The number of nitrogens with zero attached hydrogens (tertiary/aromatic N) is 3. The Bertz CT molecular complexity index is 1980. The van der Waals surface area contributed by atoms with Crippen LogP contribution < -0.4 is 31.2 Å². The van der Waals surface area contributed by atoms with Crippen molar-refractivity contribution >= 4 is 22.9 Å². The van der Waals surface area contributed by atoms with Crippen molar-refractivity contribution in [2.45, 2.75) is 44.4 Å². The van der Waals surface area contributed by atoms with E-state index in [1.54, 1.807) is 28.8 Å². The number of nitrogens with two attached hydrogens (primary N) is 1. The SMILES string of the molecule is COc1ccc(Cn2c(=O)c3cc(OC(CF)CF)ccc3n(C3CCN(C4=Cc5ccccc5C4C)CC3)c2=O)cc1OCC(N)=O. The molecule has 48 heavy (non-hydrogen) atoms. The van der Waals surface area contributed by atoms with Crippen molar-refractivity contribution in [3.8, 4) is 17.2 Å². The minimum Gasteiger partial charge on any atom is -0.493 e. The Hall–Kier alpha value is -5.13. The number of likely N-dealkylation sites (tertiary alicyclic amines) is 1. The summed E-state index contributed by atoms with van der Waals surface area (Å²) < 4.78 is 45.7. The maximum absolute atomic E-state index is 14.3. The number of allylic oxidation sites excluding steroid dienone is 1. The molecule has 2 aliphatic rings. The summed E-state index contributed by atoms with van der Waals surface area (Å²) in [4.78, 5) is 42.0. The van der Waals surface area contributed by atoms with Gasteiger partial charge in [0.05, 0.1) is 24.6 Å². The number of carbonyl (C=O) groups excluding carboxylic acids is 1. The highest BCUT2D eigenvalue weighted by molar-refractivity contribution is 5.80. The highest BCUT2D eigenvalue weighted by atomic mass is 19.1. The molecule has 2 N–H and O–H groups in total. The second kappa shape index (κ2) is 13.9. The fraction of sp³-hybridized carbons (Fsp3) is 0.361. The van der Waals surface area contributed by atoms with E-state index in [2.05, 4.69) is 36.1 Å². The monoisotopic (exact) mass is 660 g/mol. The number of amides is 1. The third kappa shape index (κ3) is 6.39. The Balaban J connectivity index is 1.37. The number of rotatable bonds is 12. The second-order valence-electron chi connectivity index (χ2n) is 12.1. The summed E-state index contributed by atoms with van der Waals surface area (Å²) in [5.74, 6) is 0.292. The van der Waals surface area contributed by atoms with Gasteiger partial charge in [-0.25, -0.2) is 13.6 Å². The molecule has 0 radical (unpaired) electrons. The summed E-state index contributed by atoms with van der Waals surface area (Å²) in [6, 6.07) is 17.6. The minimum atomic E-state index is -1.31. The van der Waals surface area contributed by atoms with Gasteiger partial charge in [-0.15, -0.1) is 0 Å². The van der Waals surface area contributed by atoms with Gasteiger partial charge in [0.1, 0.15) is 19.1 Å². The lowest BCUT2D eigenvalue weighted by Crippen LogP contribution is -2.44. The van der Waals surface area contributed by atoms with Gasteiger partial charge in [0, 0.05) is 30.7 Å². The van der Waals surface area contributed by atoms with Crippen molar-refractivity contribution in [1.82, 2.24) is 14.0 Å². The molecule has 3 aromatic carbocycles. The number of ether oxygens (including phenoxy) is 3. The van der Waals surface area contributed by atoms with Crippen LogP contribution in [0.2, 0.25) is 0 Å². The molecule has 12 heteroatoms. The van der Waals surface area contributed by atoms with Gasteiger partial charge in [0.15, 0.2) is 24.2 Å². The lowest BCUT2D eigenvalue weighted by Gasteiger charge is -2.37. The van der Waals surface area contributed by atoms with E-state index in [9.17, 15) is 23.2 Å². The average Bonchev–Trinajstić information content (AvgIpc) is 3.44. The minimum absolute atomic E-state index is 0.116. The van der Waals surface area contributed by atoms with Crippen molar-refractivity contribution in [2.24, 2.45) is 5.73 Å². The highest BCUT2D eigenvalue weighted by Gasteiger charge is 2.30. The first-order valence-corrected chi connectivity index (χ1v) is 15.9. The van der Waals surface area contributed by atoms with E-state index < -0.39 is 36.6 Å². The summed E-state index contributed by atoms with van der Waals surface area (Å²) in [7, 11) is 1.45. The molecule has 6 rings (SSSR count). The number of alkyl halides is 2. The highest BCUT2D eigenvalue weighted by Crippen LogP contribution is 2.39. The van der Waals surface area contributed by atoms with E-state index >= 15 is 0 Å². The lowest BCUT2D eigenvalue weighted by molar-refractivity contribution is -0.119. The largest absolute Gasteiger partial charge is 0.493 e. The Kier molecular flexibility index (Phi) is 9.51. The number of hydrogen-bond acceptors (Lipinski definition) is 7. The van der Waals surface area contributed by atoms with Crippen LogP contribution in [0.3, 0.4) is 0 Å². The van der Waals surface area contributed by atoms with Crippen LogP contribution in [0.15, 0.2) is 75.9 Å². The number of methoxy groups -OCH3 is 1. The normalized spacial score (nSPS) is 16.2. The second-order valence-corrected chi connectivity index (χ2v) is 12.1. The van der Waals surface area contributed by atoms with Crippen LogP contribution in [-0.4, -0.2) is 66.2 Å². The van der Waals surface area contributed by atoms with Crippen molar-refractivity contribution < 1.29 is 27.8 Å². The molecule has 1 aliphatic heterocycles. The van der Waals surface area contributed by atoms with Crippen LogP contribution in [-0.2, 0) is 11.3 Å². The van der Waals surface area contributed by atoms with Gasteiger partial charge < -0.3 is 24.8 Å². The molecule has 2 heterocycles. The van der Waals surface area contributed by atoms with Crippen LogP contribution in [0.1, 0.15) is 48.4 Å². The number of carbonyl (C=O) groups is 1. The lowest BCUT2D eigenvalue weighted by atomic mass is 9.98. The molecule has 0 saturated carbocycles. The van der Waals surface area contributed by atoms with Crippen molar-refractivity contribution in [2.75, 3.05) is 40.2 Å². The first-order chi connectivity index (χ1) is 23.2. The molecule has 1 aliphatic carbocycles. The fourth-order valence-electron chi connectivity index (χ4n) is 6.72. The molecular weight excluding hydrogens is 622 g/mol. The number of piperidine rings is 1. The van der Waals surface area contributed by atoms with Crippen LogP contribution in [0, 0.1) is 0 Å². The summed E-state index contributed by atoms with van der Waals surface area (Å²) in [6.07, 6.45) is 2.25. The molecule has 1 amide bonds. The van der Waals surface area contributed by atoms with Crippen molar-refractivity contribution in [1.29, 1.82) is 0 Å². The van der Waals surface area contributed by atoms with Gasteiger partial charge in [0.2, 0.25) is 0 Å². The molecule has 0 spiro atoms. The Morgan fingerprint density at radius 3 is 2.44 bits per heavy atom. The Morgan fingerprint density at radius 1 is 1.00 bits per heavy atom. The van der Waals surface area contributed by atoms with Crippen LogP contribution in [0.25, 0.3) is 17.0 Å². The smallest absolute Gasteiger partial charge is 0.332 e. The van der Waals surface area contributed by atoms with Crippen molar-refractivity contribution in [3.05, 3.63) is 104 Å². The predicted molar refractivity (Wildman–Crippen MR) is 178 cm³/mol. The van der Waals surface area contributed by atoms with Gasteiger partial charge in [0.25, 0.3) is 11.5 Å². The average molecular weight is 661 g/mol. The van der Waals surface area contributed by atoms with E-state index in [4.69, 9.17) is 19.9 Å². The number of primary amides is 1. The molecule has 252 valence electrons. The number of aromatic nitrogens is 2. The van der Waals surface area contributed by atoms with E-state index in [0.29, 0.717) is 29.7 Å². The van der Waals surface area contributed by atoms with Gasteiger partial charge in [-0.3, -0.25) is 18.7 Å². The fourth-order valence-corrected chi connectivity index (χ4v) is 6.72. The first kappa shape index (κ1) is 32.8. The number of hydrogen-bond donors (Lipinski definition) is 1.